The Kier molecular flexibility index (Phi) is 12.3. The molecule has 0 saturated heterocycles. The van der Waals surface area contributed by atoms with Gasteiger partial charge in [-0.2, -0.15) is 0 Å². The minimum Gasteiger partial charge on any atom is -0.481 e. The normalized spacial score (nSPS) is 15.2. The Morgan fingerprint density at radius 3 is 2.00 bits per heavy atom. The molecule has 32 heavy (non-hydrogen) atoms. The van der Waals surface area contributed by atoms with Crippen LogP contribution in [0.4, 0.5) is 0 Å². The van der Waals surface area contributed by atoms with Crippen LogP contribution in [0, 0.1) is 0 Å². The van der Waals surface area contributed by atoms with E-state index in [2.05, 4.69) is 15.6 Å². The van der Waals surface area contributed by atoms with Crippen LogP contribution in [0.1, 0.15) is 33.1 Å². The first-order valence-electron chi connectivity index (χ1n) is 9.61. The number of nitrogens with two attached hydrogens (primary N) is 3. The van der Waals surface area contributed by atoms with Gasteiger partial charge in [-0.3, -0.25) is 24.2 Å². The Morgan fingerprint density at radius 1 is 0.938 bits per heavy atom. The molecule has 12 N–H and O–H groups in total. The van der Waals surface area contributed by atoms with E-state index in [4.69, 9.17) is 27.4 Å². The average molecular weight is 461 g/mol. The smallest absolute Gasteiger partial charge is 0.328 e. The van der Waals surface area contributed by atoms with Crippen molar-refractivity contribution in [1.29, 1.82) is 0 Å². The molecule has 5 atom stereocenters. The molecule has 5 unspecified atom stereocenters. The Hall–Kier alpha value is -3.46. The van der Waals surface area contributed by atoms with Gasteiger partial charge in [0.2, 0.25) is 17.7 Å². The maximum absolute atomic E-state index is 12.3. The summed E-state index contributed by atoms with van der Waals surface area (Å²) in [5.74, 6) is -5.81. The molecule has 0 saturated carbocycles. The van der Waals surface area contributed by atoms with Crippen molar-refractivity contribution in [2.75, 3.05) is 6.54 Å². The SMILES string of the molecule is CC(NC(=O)C(N)CCCN=C(N)N)C(=O)NC(CC(=O)O)C(=O)NC(C(=O)O)C(C)O. The average Bonchev–Trinajstić information content (AvgIpc) is 2.67. The largest absolute Gasteiger partial charge is 0.481 e. The quantitative estimate of drug-likeness (QED) is 0.0679. The number of carbonyl (C=O) groups excluding carboxylic acids is 3. The molecule has 0 aliphatic heterocycles. The molecule has 0 radical (unpaired) electrons. The summed E-state index contributed by atoms with van der Waals surface area (Å²) in [4.78, 5) is 62.6. The zero-order chi connectivity index (χ0) is 25.0. The maximum Gasteiger partial charge on any atom is 0.328 e. The van der Waals surface area contributed by atoms with Gasteiger partial charge in [-0.05, 0) is 26.7 Å². The number of nitrogens with one attached hydrogen (secondary N) is 3. The van der Waals surface area contributed by atoms with Gasteiger partial charge in [0.1, 0.15) is 12.1 Å². The summed E-state index contributed by atoms with van der Waals surface area (Å²) in [6.45, 7) is 2.65. The van der Waals surface area contributed by atoms with E-state index in [-0.39, 0.29) is 18.9 Å². The highest BCUT2D eigenvalue weighted by molar-refractivity contribution is 5.95. The lowest BCUT2D eigenvalue weighted by atomic mass is 10.1. The molecule has 0 aromatic heterocycles. The van der Waals surface area contributed by atoms with Crippen LogP contribution in [0.3, 0.4) is 0 Å². The first kappa shape index (κ1) is 28.5. The lowest BCUT2D eigenvalue weighted by Gasteiger charge is -2.23. The number of aliphatic carboxylic acids is 2. The molecule has 0 rings (SSSR count). The Balaban J connectivity index is 4.97. The summed E-state index contributed by atoms with van der Waals surface area (Å²) in [5, 5.41) is 33.9. The summed E-state index contributed by atoms with van der Waals surface area (Å²) < 4.78 is 0. The minimum absolute atomic E-state index is 0.101. The molecule has 0 heterocycles. The predicted molar refractivity (Wildman–Crippen MR) is 111 cm³/mol. The van der Waals surface area contributed by atoms with Crippen molar-refractivity contribution in [2.45, 2.75) is 63.4 Å². The second-order valence-corrected chi connectivity index (χ2v) is 7.01. The van der Waals surface area contributed by atoms with Gasteiger partial charge >= 0.3 is 11.9 Å². The van der Waals surface area contributed by atoms with Gasteiger partial charge in [0.25, 0.3) is 0 Å². The third-order valence-corrected chi connectivity index (χ3v) is 4.11. The summed E-state index contributed by atoms with van der Waals surface area (Å²) in [6, 6.07) is -5.54. The number of rotatable bonds is 14. The summed E-state index contributed by atoms with van der Waals surface area (Å²) in [5.41, 5.74) is 16.1. The second kappa shape index (κ2) is 13.8. The fourth-order valence-electron chi connectivity index (χ4n) is 2.36. The lowest BCUT2D eigenvalue weighted by molar-refractivity contribution is -0.146. The van der Waals surface area contributed by atoms with E-state index < -0.39 is 66.4 Å². The zero-order valence-electron chi connectivity index (χ0n) is 17.8. The standard InChI is InChI=1S/C17H31N7O8/c1-7(22-14(29)9(18)4-3-5-21-17(19)20)13(28)23-10(6-11(26)27)15(30)24-12(8(2)25)16(31)32/h7-10,12,25H,3-6,18H2,1-2H3,(H,22,29)(H,23,28)(H,24,30)(H,26,27)(H,31,32)(H4,19,20,21). The van der Waals surface area contributed by atoms with Crippen LogP contribution >= 0.6 is 0 Å². The molecular formula is C17H31N7O8. The van der Waals surface area contributed by atoms with Crippen molar-refractivity contribution in [3.05, 3.63) is 0 Å². The van der Waals surface area contributed by atoms with Gasteiger partial charge in [0, 0.05) is 6.54 Å². The zero-order valence-corrected chi connectivity index (χ0v) is 17.8. The first-order chi connectivity index (χ1) is 14.8. The van der Waals surface area contributed by atoms with Gasteiger partial charge in [-0.1, -0.05) is 0 Å². The predicted octanol–water partition coefficient (Wildman–Crippen LogP) is -4.22. The van der Waals surface area contributed by atoms with Crippen molar-refractivity contribution in [3.8, 4) is 0 Å². The number of carboxylic acid groups (broad SMARTS) is 2. The molecule has 0 aliphatic carbocycles. The molecule has 3 amide bonds. The van der Waals surface area contributed by atoms with E-state index in [9.17, 15) is 29.1 Å². The summed E-state index contributed by atoms with van der Waals surface area (Å²) in [7, 11) is 0. The topological polar surface area (TPSA) is 273 Å². The monoisotopic (exact) mass is 461 g/mol. The van der Waals surface area contributed by atoms with Crippen LogP contribution in [-0.2, 0) is 24.0 Å². The van der Waals surface area contributed by atoms with Crippen LogP contribution < -0.4 is 33.2 Å². The number of aliphatic hydroxyl groups excluding tert-OH is 1. The molecule has 0 aliphatic rings. The van der Waals surface area contributed by atoms with Gasteiger partial charge < -0.3 is 48.5 Å². The lowest BCUT2D eigenvalue weighted by Crippen LogP contribution is -2.58. The van der Waals surface area contributed by atoms with Crippen LogP contribution in [0.15, 0.2) is 4.99 Å². The van der Waals surface area contributed by atoms with E-state index in [1.54, 1.807) is 0 Å². The number of aliphatic hydroxyl groups is 1. The number of amides is 3. The number of aliphatic imine (C=N–C) groups is 1. The molecule has 0 bridgehead atoms. The number of nitrogens with zero attached hydrogens (tertiary/aromatic N) is 1. The first-order valence-corrected chi connectivity index (χ1v) is 9.61. The molecule has 15 nitrogen and oxygen atoms in total. The highest BCUT2D eigenvalue weighted by atomic mass is 16.4. The van der Waals surface area contributed by atoms with Crippen LogP contribution in [0.5, 0.6) is 0 Å². The van der Waals surface area contributed by atoms with Crippen molar-refractivity contribution in [2.24, 2.45) is 22.2 Å². The van der Waals surface area contributed by atoms with E-state index in [0.717, 1.165) is 6.92 Å². The van der Waals surface area contributed by atoms with Crippen molar-refractivity contribution in [1.82, 2.24) is 16.0 Å². The van der Waals surface area contributed by atoms with Crippen LogP contribution in [0.2, 0.25) is 0 Å². The molecule has 0 spiro atoms. The third kappa shape index (κ3) is 11.1. The van der Waals surface area contributed by atoms with Crippen LogP contribution in [-0.4, -0.2) is 87.8 Å². The van der Waals surface area contributed by atoms with E-state index in [0.29, 0.717) is 6.42 Å². The van der Waals surface area contributed by atoms with Crippen molar-refractivity contribution >= 4 is 35.6 Å². The molecule has 0 aromatic carbocycles. The Bertz CT molecular complexity index is 724. The number of carbonyl (C=O) groups is 5. The van der Waals surface area contributed by atoms with Crippen molar-refractivity contribution in [3.63, 3.8) is 0 Å². The third-order valence-electron chi connectivity index (χ3n) is 4.11. The highest BCUT2D eigenvalue weighted by Crippen LogP contribution is 2.01. The summed E-state index contributed by atoms with van der Waals surface area (Å²) in [6.07, 6.45) is -1.72. The van der Waals surface area contributed by atoms with Gasteiger partial charge in [-0.15, -0.1) is 0 Å². The maximum atomic E-state index is 12.3. The van der Waals surface area contributed by atoms with Gasteiger partial charge in [0.15, 0.2) is 12.0 Å². The molecule has 0 aromatic rings. The van der Waals surface area contributed by atoms with Crippen LogP contribution in [0.25, 0.3) is 0 Å². The molecule has 182 valence electrons. The van der Waals surface area contributed by atoms with Gasteiger partial charge in [-0.25, -0.2) is 4.79 Å². The van der Waals surface area contributed by atoms with Crippen molar-refractivity contribution < 1.29 is 39.3 Å². The number of carboxylic acids is 2. The minimum atomic E-state index is -1.72. The second-order valence-electron chi connectivity index (χ2n) is 7.01. The Labute approximate surface area is 183 Å². The molecular weight excluding hydrogens is 430 g/mol. The van der Waals surface area contributed by atoms with E-state index >= 15 is 0 Å². The molecule has 15 heteroatoms. The fourth-order valence-corrected chi connectivity index (χ4v) is 2.36. The highest BCUT2D eigenvalue weighted by Gasteiger charge is 2.32. The van der Waals surface area contributed by atoms with E-state index in [1.165, 1.54) is 6.92 Å². The molecule has 0 fully saturated rings. The Morgan fingerprint density at radius 2 is 1.53 bits per heavy atom. The van der Waals surface area contributed by atoms with Gasteiger partial charge in [0.05, 0.1) is 18.6 Å². The fraction of sp³-hybridized carbons (Fsp3) is 0.647. The number of hydrogen-bond acceptors (Lipinski definition) is 8. The number of hydrogen-bond donors (Lipinski definition) is 9. The number of guanidine groups is 1. The van der Waals surface area contributed by atoms with E-state index in [1.807, 2.05) is 5.32 Å². The summed E-state index contributed by atoms with van der Waals surface area (Å²) >= 11 is 0.